The van der Waals surface area contributed by atoms with E-state index >= 15 is 0 Å². The van der Waals surface area contributed by atoms with Crippen molar-refractivity contribution in [1.29, 1.82) is 0 Å². The summed E-state index contributed by atoms with van der Waals surface area (Å²) < 4.78 is 0. The van der Waals surface area contributed by atoms with Gasteiger partial charge in [-0.15, -0.1) is 0 Å². The molecule has 1 aliphatic carbocycles. The highest BCUT2D eigenvalue weighted by atomic mass is 15.1. The van der Waals surface area contributed by atoms with Gasteiger partial charge in [-0.05, 0) is 50.3 Å². The third kappa shape index (κ3) is 4.54. The molecular weight excluding hydrogens is 232 g/mol. The molecule has 2 unspecified atom stereocenters. The number of hydrogen-bond donors (Lipinski definition) is 1. The minimum atomic E-state index is 0.784. The highest BCUT2D eigenvalue weighted by Crippen LogP contribution is 2.27. The van der Waals surface area contributed by atoms with E-state index in [0.717, 1.165) is 25.0 Å². The fraction of sp³-hybridized carbons (Fsp3) is 0.647. The maximum atomic E-state index is 3.73. The lowest BCUT2D eigenvalue weighted by atomic mass is 10.1. The third-order valence-corrected chi connectivity index (χ3v) is 4.42. The monoisotopic (exact) mass is 260 g/mol. The summed E-state index contributed by atoms with van der Waals surface area (Å²) in [5, 5.41) is 3.73. The first-order chi connectivity index (χ1) is 9.29. The molecule has 0 heterocycles. The number of benzene rings is 1. The van der Waals surface area contributed by atoms with Crippen LogP contribution in [0.25, 0.3) is 0 Å². The summed E-state index contributed by atoms with van der Waals surface area (Å²) in [7, 11) is 2.18. The smallest absolute Gasteiger partial charge is 0.0363 e. The van der Waals surface area contributed by atoms with Gasteiger partial charge in [-0.3, -0.25) is 0 Å². The second-order valence-corrected chi connectivity index (χ2v) is 5.85. The molecule has 0 radical (unpaired) electrons. The van der Waals surface area contributed by atoms with Gasteiger partial charge in [0, 0.05) is 25.3 Å². The normalized spacial score (nSPS) is 22.6. The van der Waals surface area contributed by atoms with Crippen molar-refractivity contribution in [2.45, 2.75) is 45.1 Å². The Labute approximate surface area is 118 Å². The summed E-state index contributed by atoms with van der Waals surface area (Å²) in [6.45, 7) is 4.60. The molecule has 1 saturated carbocycles. The van der Waals surface area contributed by atoms with E-state index in [2.05, 4.69) is 54.5 Å². The van der Waals surface area contributed by atoms with Gasteiger partial charge in [0.25, 0.3) is 0 Å². The number of anilines is 1. The van der Waals surface area contributed by atoms with Crippen LogP contribution in [0, 0.1) is 5.92 Å². The summed E-state index contributed by atoms with van der Waals surface area (Å²) in [6.07, 6.45) is 6.78. The van der Waals surface area contributed by atoms with Crippen molar-refractivity contribution in [2.75, 3.05) is 25.0 Å². The summed E-state index contributed by atoms with van der Waals surface area (Å²) in [5.74, 6) is 0.976. The number of rotatable bonds is 7. The first kappa shape index (κ1) is 14.4. The van der Waals surface area contributed by atoms with Crippen LogP contribution in [0.3, 0.4) is 0 Å². The first-order valence-electron chi connectivity index (χ1n) is 7.79. The maximum Gasteiger partial charge on any atom is 0.0363 e. The summed E-state index contributed by atoms with van der Waals surface area (Å²) in [6, 6.07) is 11.4. The lowest BCUT2D eigenvalue weighted by Gasteiger charge is -2.20. The van der Waals surface area contributed by atoms with E-state index in [0.29, 0.717) is 0 Å². The second-order valence-electron chi connectivity index (χ2n) is 5.85. The molecule has 0 bridgehead atoms. The lowest BCUT2D eigenvalue weighted by Crippen LogP contribution is -2.30. The molecular formula is C17H28N2. The van der Waals surface area contributed by atoms with Gasteiger partial charge in [0.05, 0.1) is 0 Å². The molecule has 19 heavy (non-hydrogen) atoms. The molecule has 1 aromatic carbocycles. The van der Waals surface area contributed by atoms with E-state index in [1.807, 2.05) is 0 Å². The molecule has 2 nitrogen and oxygen atoms in total. The van der Waals surface area contributed by atoms with Gasteiger partial charge in [0.15, 0.2) is 0 Å². The van der Waals surface area contributed by atoms with Gasteiger partial charge in [-0.2, -0.15) is 0 Å². The number of para-hydroxylation sites is 1. The van der Waals surface area contributed by atoms with Crippen molar-refractivity contribution in [3.8, 4) is 0 Å². The Balaban J connectivity index is 1.60. The van der Waals surface area contributed by atoms with Gasteiger partial charge in [0.2, 0.25) is 0 Å². The number of hydrogen-bond acceptors (Lipinski definition) is 2. The van der Waals surface area contributed by atoms with Crippen LogP contribution in [0.1, 0.15) is 39.0 Å². The summed E-state index contributed by atoms with van der Waals surface area (Å²) in [4.78, 5) is 2.34. The van der Waals surface area contributed by atoms with Crippen molar-refractivity contribution in [2.24, 2.45) is 5.92 Å². The van der Waals surface area contributed by atoms with Crippen LogP contribution in [0.2, 0.25) is 0 Å². The topological polar surface area (TPSA) is 15.3 Å². The molecule has 106 valence electrons. The van der Waals surface area contributed by atoms with E-state index in [4.69, 9.17) is 0 Å². The van der Waals surface area contributed by atoms with Crippen LogP contribution in [0.4, 0.5) is 5.69 Å². The average molecular weight is 260 g/mol. The SMILES string of the molecule is CCC1CCC(NCCCN(C)c2ccccc2)C1. The van der Waals surface area contributed by atoms with Crippen molar-refractivity contribution < 1.29 is 0 Å². The minimum Gasteiger partial charge on any atom is -0.375 e. The predicted octanol–water partition coefficient (Wildman–Crippen LogP) is 3.68. The minimum absolute atomic E-state index is 0.784. The van der Waals surface area contributed by atoms with E-state index in [1.54, 1.807) is 0 Å². The number of nitrogens with zero attached hydrogens (tertiary/aromatic N) is 1. The van der Waals surface area contributed by atoms with Gasteiger partial charge in [-0.1, -0.05) is 31.5 Å². The van der Waals surface area contributed by atoms with E-state index < -0.39 is 0 Å². The number of nitrogens with one attached hydrogen (secondary N) is 1. The molecule has 2 atom stereocenters. The maximum absolute atomic E-state index is 3.73. The molecule has 1 fully saturated rings. The van der Waals surface area contributed by atoms with E-state index in [9.17, 15) is 0 Å². The molecule has 0 aliphatic heterocycles. The van der Waals surface area contributed by atoms with Gasteiger partial charge in [0.1, 0.15) is 0 Å². The Kier molecular flexibility index (Phi) is 5.71. The molecule has 2 heteroatoms. The average Bonchev–Trinajstić information content (AvgIpc) is 2.92. The van der Waals surface area contributed by atoms with E-state index in [1.165, 1.54) is 37.8 Å². The van der Waals surface area contributed by atoms with Crippen LogP contribution in [0.5, 0.6) is 0 Å². The molecule has 0 spiro atoms. The van der Waals surface area contributed by atoms with Crippen LogP contribution >= 0.6 is 0 Å². The molecule has 2 rings (SSSR count). The van der Waals surface area contributed by atoms with E-state index in [-0.39, 0.29) is 0 Å². The van der Waals surface area contributed by atoms with Crippen LogP contribution in [-0.2, 0) is 0 Å². The molecule has 1 aliphatic rings. The molecule has 0 aromatic heterocycles. The zero-order valence-corrected chi connectivity index (χ0v) is 12.4. The van der Waals surface area contributed by atoms with Gasteiger partial charge in [-0.25, -0.2) is 0 Å². The molecule has 0 amide bonds. The zero-order chi connectivity index (χ0) is 13.5. The fourth-order valence-electron chi connectivity index (χ4n) is 3.07. The Bertz CT molecular complexity index is 350. The van der Waals surface area contributed by atoms with Gasteiger partial charge >= 0.3 is 0 Å². The highest BCUT2D eigenvalue weighted by molar-refractivity contribution is 5.44. The van der Waals surface area contributed by atoms with Gasteiger partial charge < -0.3 is 10.2 Å². The van der Waals surface area contributed by atoms with Crippen molar-refractivity contribution in [3.05, 3.63) is 30.3 Å². The second kappa shape index (κ2) is 7.54. The zero-order valence-electron chi connectivity index (χ0n) is 12.4. The highest BCUT2D eigenvalue weighted by Gasteiger charge is 2.22. The largest absolute Gasteiger partial charge is 0.375 e. The summed E-state index contributed by atoms with van der Waals surface area (Å²) >= 11 is 0. The Morgan fingerprint density at radius 1 is 1.21 bits per heavy atom. The fourth-order valence-corrected chi connectivity index (χ4v) is 3.07. The third-order valence-electron chi connectivity index (χ3n) is 4.42. The lowest BCUT2D eigenvalue weighted by molar-refractivity contribution is 0.474. The van der Waals surface area contributed by atoms with Crippen LogP contribution in [-0.4, -0.2) is 26.2 Å². The van der Waals surface area contributed by atoms with Crippen LogP contribution < -0.4 is 10.2 Å². The van der Waals surface area contributed by atoms with Crippen molar-refractivity contribution in [1.82, 2.24) is 5.32 Å². The molecule has 1 aromatic rings. The quantitative estimate of drug-likeness (QED) is 0.752. The predicted molar refractivity (Wildman–Crippen MR) is 83.8 cm³/mol. The molecule has 1 N–H and O–H groups in total. The molecule has 0 saturated heterocycles. The van der Waals surface area contributed by atoms with Crippen molar-refractivity contribution in [3.63, 3.8) is 0 Å². The van der Waals surface area contributed by atoms with Crippen molar-refractivity contribution >= 4 is 5.69 Å². The Morgan fingerprint density at radius 2 is 2.00 bits per heavy atom. The van der Waals surface area contributed by atoms with Crippen LogP contribution in [0.15, 0.2) is 30.3 Å². The first-order valence-corrected chi connectivity index (χ1v) is 7.79. The Hall–Kier alpha value is -1.02. The standard InChI is InChI=1S/C17H28N2/c1-3-15-10-11-16(14-15)18-12-7-13-19(2)17-8-5-4-6-9-17/h4-6,8-9,15-16,18H,3,7,10-14H2,1-2H3. The Morgan fingerprint density at radius 3 is 2.68 bits per heavy atom. The summed E-state index contributed by atoms with van der Waals surface area (Å²) in [5.41, 5.74) is 1.31.